The van der Waals surface area contributed by atoms with Crippen molar-refractivity contribution in [2.45, 2.75) is 200 Å². The summed E-state index contributed by atoms with van der Waals surface area (Å²) in [5.41, 5.74) is 0. The fourth-order valence-electron chi connectivity index (χ4n) is 6.58. The Hall–Kier alpha value is -5.49. The van der Waals surface area contributed by atoms with Crippen LogP contribution in [-0.4, -0.2) is 37.2 Å². The van der Waals surface area contributed by atoms with Gasteiger partial charge in [-0.3, -0.25) is 14.4 Å². The zero-order valence-electron chi connectivity index (χ0n) is 45.4. The van der Waals surface area contributed by atoms with E-state index in [1.54, 1.807) is 6.08 Å². The van der Waals surface area contributed by atoms with Crippen LogP contribution in [0.3, 0.4) is 0 Å². The molecule has 0 bridgehead atoms. The van der Waals surface area contributed by atoms with Crippen molar-refractivity contribution in [3.05, 3.63) is 182 Å². The number of ether oxygens (including phenoxy) is 3. The summed E-state index contributed by atoms with van der Waals surface area (Å²) in [6, 6.07) is 0. The minimum atomic E-state index is -0.868. The number of hydrogen-bond donors (Lipinski definition) is 0. The third-order valence-corrected chi connectivity index (χ3v) is 10.6. The van der Waals surface area contributed by atoms with Crippen LogP contribution >= 0.6 is 0 Å². The Bertz CT molecular complexity index is 1750. The van der Waals surface area contributed by atoms with Crippen molar-refractivity contribution in [1.82, 2.24) is 0 Å². The third-order valence-electron chi connectivity index (χ3n) is 10.6. The van der Waals surface area contributed by atoms with Crippen molar-refractivity contribution in [3.8, 4) is 0 Å². The molecule has 0 aromatic rings. The van der Waals surface area contributed by atoms with Crippen LogP contribution in [0.1, 0.15) is 194 Å². The maximum Gasteiger partial charge on any atom is 0.310 e. The van der Waals surface area contributed by atoms with Crippen molar-refractivity contribution >= 4 is 17.9 Å². The van der Waals surface area contributed by atoms with E-state index in [2.05, 4.69) is 191 Å². The van der Waals surface area contributed by atoms with Gasteiger partial charge >= 0.3 is 17.9 Å². The minimum absolute atomic E-state index is 0.0730. The molecule has 0 aromatic heterocycles. The molecule has 0 fully saturated rings. The third kappa shape index (κ3) is 55.4. The Balaban J connectivity index is 4.50. The van der Waals surface area contributed by atoms with E-state index in [0.717, 1.165) is 135 Å². The maximum atomic E-state index is 12.7. The molecule has 0 saturated heterocycles. The van der Waals surface area contributed by atoms with Crippen molar-refractivity contribution in [2.75, 3.05) is 13.2 Å². The topological polar surface area (TPSA) is 78.9 Å². The highest BCUT2D eigenvalue weighted by atomic mass is 16.6. The molecule has 0 amide bonds. The largest absolute Gasteiger partial charge is 0.462 e. The first-order valence-corrected chi connectivity index (χ1v) is 27.8. The van der Waals surface area contributed by atoms with E-state index in [-0.39, 0.29) is 38.0 Å². The summed E-state index contributed by atoms with van der Waals surface area (Å²) < 4.78 is 16.6. The Kier molecular flexibility index (Phi) is 53.7. The van der Waals surface area contributed by atoms with Gasteiger partial charge in [-0.05, 0) is 128 Å². The van der Waals surface area contributed by atoms with Crippen LogP contribution in [-0.2, 0) is 28.6 Å². The molecule has 0 spiro atoms. The lowest BCUT2D eigenvalue weighted by molar-refractivity contribution is -0.166. The quantitative estimate of drug-likeness (QED) is 0.0262. The highest BCUT2D eigenvalue weighted by Crippen LogP contribution is 2.10. The molecule has 0 aliphatic heterocycles. The molecule has 1 atom stereocenters. The van der Waals surface area contributed by atoms with Crippen LogP contribution in [0.5, 0.6) is 0 Å². The van der Waals surface area contributed by atoms with Gasteiger partial charge in [0.2, 0.25) is 0 Å². The average molecular weight is 988 g/mol. The highest BCUT2D eigenvalue weighted by molar-refractivity contribution is 5.72. The summed E-state index contributed by atoms with van der Waals surface area (Å²) in [5, 5.41) is 0. The predicted molar refractivity (Wildman–Crippen MR) is 311 cm³/mol. The Morgan fingerprint density at radius 2 is 0.597 bits per heavy atom. The van der Waals surface area contributed by atoms with Crippen molar-refractivity contribution in [2.24, 2.45) is 0 Å². The lowest BCUT2D eigenvalue weighted by Crippen LogP contribution is -2.30. The Labute approximate surface area is 440 Å². The van der Waals surface area contributed by atoms with Gasteiger partial charge in [-0.15, -0.1) is 0 Å². The first-order valence-electron chi connectivity index (χ1n) is 27.8. The smallest absolute Gasteiger partial charge is 0.310 e. The van der Waals surface area contributed by atoms with E-state index in [0.29, 0.717) is 19.3 Å². The van der Waals surface area contributed by atoms with E-state index in [1.807, 2.05) is 6.08 Å². The van der Waals surface area contributed by atoms with E-state index >= 15 is 0 Å². The molecule has 398 valence electrons. The lowest BCUT2D eigenvalue weighted by atomic mass is 10.1. The molecule has 6 nitrogen and oxygen atoms in total. The fourth-order valence-corrected chi connectivity index (χ4v) is 6.58. The Morgan fingerprint density at radius 1 is 0.306 bits per heavy atom. The number of carbonyl (C=O) groups is 3. The predicted octanol–water partition coefficient (Wildman–Crippen LogP) is 18.9. The first kappa shape index (κ1) is 66.5. The molecule has 0 aliphatic carbocycles. The molecule has 72 heavy (non-hydrogen) atoms. The van der Waals surface area contributed by atoms with Crippen LogP contribution in [0.4, 0.5) is 0 Å². The summed E-state index contributed by atoms with van der Waals surface area (Å²) in [4.78, 5) is 37.9. The highest BCUT2D eigenvalue weighted by Gasteiger charge is 2.19. The van der Waals surface area contributed by atoms with Crippen LogP contribution in [0, 0.1) is 0 Å². The summed E-state index contributed by atoms with van der Waals surface area (Å²) in [6.07, 6.45) is 87.8. The molecule has 0 rings (SSSR count). The summed E-state index contributed by atoms with van der Waals surface area (Å²) in [6.45, 7) is 6.17. The van der Waals surface area contributed by atoms with Gasteiger partial charge in [0, 0.05) is 12.8 Å². The van der Waals surface area contributed by atoms with Gasteiger partial charge in [0.1, 0.15) is 13.2 Å². The van der Waals surface area contributed by atoms with Gasteiger partial charge in [0.15, 0.2) is 6.10 Å². The molecule has 0 saturated carbocycles. The number of esters is 3. The molecule has 0 aromatic carbocycles. The Morgan fingerprint density at radius 3 is 0.986 bits per heavy atom. The van der Waals surface area contributed by atoms with E-state index < -0.39 is 12.1 Å². The van der Waals surface area contributed by atoms with Crippen LogP contribution in [0.15, 0.2) is 182 Å². The van der Waals surface area contributed by atoms with Crippen LogP contribution < -0.4 is 0 Å². The number of unbranched alkanes of at least 4 members (excludes halogenated alkanes) is 7. The number of allylic oxidation sites excluding steroid dienone is 29. The van der Waals surface area contributed by atoms with Gasteiger partial charge in [-0.25, -0.2) is 0 Å². The number of rotatable bonds is 47. The molecular formula is C66H98O6. The second-order valence-corrected chi connectivity index (χ2v) is 17.4. The van der Waals surface area contributed by atoms with Gasteiger partial charge < -0.3 is 14.2 Å². The number of carbonyl (C=O) groups excluding carboxylic acids is 3. The van der Waals surface area contributed by atoms with Crippen molar-refractivity contribution in [1.29, 1.82) is 0 Å². The summed E-state index contributed by atoms with van der Waals surface area (Å²) in [7, 11) is 0. The maximum absolute atomic E-state index is 12.7. The van der Waals surface area contributed by atoms with Gasteiger partial charge in [-0.1, -0.05) is 229 Å². The van der Waals surface area contributed by atoms with Gasteiger partial charge in [0.05, 0.1) is 6.42 Å². The van der Waals surface area contributed by atoms with Gasteiger partial charge in [0.25, 0.3) is 0 Å². The zero-order chi connectivity index (χ0) is 52.2. The van der Waals surface area contributed by atoms with Crippen LogP contribution in [0.25, 0.3) is 0 Å². The SMILES string of the molecule is CC/C=C\C/C=C\C/C=C\C/C=C\C/C=C\C/C=C\C/C=C\C/C=C\C/C=C\CCCC(=O)OCC(COC(=O)CCCCCCC/C=C\CCC)OC(=O)C/C=C\C/C=C\C/C=C\C/C=C\C/C=C\CC. The molecule has 1 unspecified atom stereocenters. The van der Waals surface area contributed by atoms with E-state index in [9.17, 15) is 14.4 Å². The molecule has 0 radical (unpaired) electrons. The van der Waals surface area contributed by atoms with E-state index in [1.165, 1.54) is 6.42 Å². The number of hydrogen-bond acceptors (Lipinski definition) is 6. The van der Waals surface area contributed by atoms with Crippen molar-refractivity contribution < 1.29 is 28.6 Å². The average Bonchev–Trinajstić information content (AvgIpc) is 3.38. The fraction of sp³-hybridized carbons (Fsp3) is 0.500. The second-order valence-electron chi connectivity index (χ2n) is 17.4. The molecule has 0 N–H and O–H groups in total. The summed E-state index contributed by atoms with van der Waals surface area (Å²) >= 11 is 0. The van der Waals surface area contributed by atoms with Crippen molar-refractivity contribution in [3.63, 3.8) is 0 Å². The molecular weight excluding hydrogens is 889 g/mol. The standard InChI is InChI=1S/C66H98O6/c1-4-7-10-13-16-19-22-24-26-27-28-29-30-31-32-33-34-35-36-37-38-39-41-42-44-47-50-53-56-59-65(68)71-62-63(61-70-64(67)58-55-52-49-46-21-18-15-12-9-6-3)72-66(69)60-57-54-51-48-45-43-40-25-23-20-17-14-11-8-5-2/h7-8,10-12,15-17,19-20,24-26,28-29,31-32,34-35,37-38,40-42,45,47-48,50,54,57,63H,4-6,9,13-14,18,21-23,27,30,33,36,39,43-44,46,49,51-53,55-56,58-62H2,1-3H3/b10-7-,11-8-,15-12-,19-16-,20-17-,26-24-,29-28-,32-31-,35-34-,38-37-,40-25-,42-41-,48-45-,50-47-,57-54-. The molecule has 0 heterocycles. The lowest BCUT2D eigenvalue weighted by Gasteiger charge is -2.18. The second kappa shape index (κ2) is 58.1. The molecule has 0 aliphatic rings. The first-order chi connectivity index (χ1) is 35.5. The normalized spacial score (nSPS) is 13.5. The summed E-state index contributed by atoms with van der Waals surface area (Å²) in [5.74, 6) is -1.17. The van der Waals surface area contributed by atoms with E-state index in [4.69, 9.17) is 14.2 Å². The minimum Gasteiger partial charge on any atom is -0.462 e. The monoisotopic (exact) mass is 987 g/mol. The van der Waals surface area contributed by atoms with Gasteiger partial charge in [-0.2, -0.15) is 0 Å². The molecule has 6 heteroatoms. The zero-order valence-corrected chi connectivity index (χ0v) is 45.4. The van der Waals surface area contributed by atoms with Crippen LogP contribution in [0.2, 0.25) is 0 Å².